The van der Waals surface area contributed by atoms with Gasteiger partial charge in [-0.15, -0.1) is 11.3 Å². The quantitative estimate of drug-likeness (QED) is 0.206. The van der Waals surface area contributed by atoms with E-state index in [1.807, 2.05) is 42.5 Å². The molecule has 32 heavy (non-hydrogen) atoms. The Labute approximate surface area is 201 Å². The molecule has 164 valence electrons. The molecule has 3 aromatic rings. The highest BCUT2D eigenvalue weighted by Gasteiger charge is 2.13. The smallest absolute Gasteiger partial charge is 0.268 e. The van der Waals surface area contributed by atoms with Gasteiger partial charge in [-0.3, -0.25) is 10.1 Å². The van der Waals surface area contributed by atoms with Gasteiger partial charge in [0.1, 0.15) is 17.4 Å². The van der Waals surface area contributed by atoms with Crippen LogP contribution in [0.25, 0.3) is 6.08 Å². The fraction of sp³-hybridized carbons (Fsp3) is 0.208. The number of carbonyl (C=O) groups excluding carboxylic acids is 1. The van der Waals surface area contributed by atoms with E-state index in [1.165, 1.54) is 17.4 Å². The third-order valence-electron chi connectivity index (χ3n) is 4.49. The van der Waals surface area contributed by atoms with Crippen molar-refractivity contribution in [2.45, 2.75) is 26.2 Å². The van der Waals surface area contributed by atoms with Crippen molar-refractivity contribution >= 4 is 51.7 Å². The maximum atomic E-state index is 12.6. The summed E-state index contributed by atoms with van der Waals surface area (Å²) in [6.07, 6.45) is 5.80. The summed E-state index contributed by atoms with van der Waals surface area (Å²) in [6.45, 7) is 2.77. The van der Waals surface area contributed by atoms with E-state index in [0.29, 0.717) is 28.2 Å². The number of benzene rings is 2. The molecule has 0 radical (unpaired) electrons. The van der Waals surface area contributed by atoms with Crippen LogP contribution in [-0.4, -0.2) is 17.5 Å². The number of nitrogens with zero attached hydrogens (tertiary/aromatic N) is 2. The van der Waals surface area contributed by atoms with Crippen molar-refractivity contribution in [1.82, 2.24) is 4.98 Å². The normalized spacial score (nSPS) is 11.1. The summed E-state index contributed by atoms with van der Waals surface area (Å²) in [5, 5.41) is 13.5. The summed E-state index contributed by atoms with van der Waals surface area (Å²) >= 11 is 13.6. The van der Waals surface area contributed by atoms with Gasteiger partial charge in [0.15, 0.2) is 5.13 Å². The maximum absolute atomic E-state index is 12.6. The van der Waals surface area contributed by atoms with Crippen LogP contribution in [0, 0.1) is 11.3 Å². The van der Waals surface area contributed by atoms with Gasteiger partial charge in [-0.25, -0.2) is 4.98 Å². The first kappa shape index (κ1) is 23.8. The lowest BCUT2D eigenvalue weighted by Gasteiger charge is -2.05. The highest BCUT2D eigenvalue weighted by molar-refractivity contribution is 7.15. The van der Waals surface area contributed by atoms with Crippen LogP contribution in [0.2, 0.25) is 10.0 Å². The number of nitriles is 1. The van der Waals surface area contributed by atoms with Gasteiger partial charge < -0.3 is 4.74 Å². The minimum Gasteiger partial charge on any atom is -0.494 e. The van der Waals surface area contributed by atoms with E-state index in [1.54, 1.807) is 12.3 Å². The van der Waals surface area contributed by atoms with Gasteiger partial charge in [0.2, 0.25) is 0 Å². The molecule has 0 aliphatic carbocycles. The van der Waals surface area contributed by atoms with Crippen LogP contribution in [0.5, 0.6) is 5.75 Å². The summed E-state index contributed by atoms with van der Waals surface area (Å²) < 4.78 is 5.63. The summed E-state index contributed by atoms with van der Waals surface area (Å²) in [4.78, 5) is 17.7. The molecular formula is C24H21Cl2N3O2S. The zero-order valence-electron chi connectivity index (χ0n) is 17.4. The van der Waals surface area contributed by atoms with E-state index in [-0.39, 0.29) is 5.57 Å². The topological polar surface area (TPSA) is 75.0 Å². The first-order valence-corrected chi connectivity index (χ1v) is 11.6. The van der Waals surface area contributed by atoms with Crippen LogP contribution in [0.4, 0.5) is 5.13 Å². The molecule has 5 nitrogen and oxygen atoms in total. The third kappa shape index (κ3) is 6.57. The Balaban J connectivity index is 1.64. The first-order valence-electron chi connectivity index (χ1n) is 10.0. The Morgan fingerprint density at radius 2 is 2.03 bits per heavy atom. The van der Waals surface area contributed by atoms with Crippen LogP contribution >= 0.6 is 34.5 Å². The second-order valence-corrected chi connectivity index (χ2v) is 8.82. The first-order chi connectivity index (χ1) is 15.5. The number of anilines is 1. The molecule has 1 N–H and O–H groups in total. The molecule has 0 aliphatic heterocycles. The van der Waals surface area contributed by atoms with Crippen molar-refractivity contribution < 1.29 is 9.53 Å². The summed E-state index contributed by atoms with van der Waals surface area (Å²) in [5.74, 6) is 0.242. The van der Waals surface area contributed by atoms with E-state index >= 15 is 0 Å². The fourth-order valence-corrected chi connectivity index (χ4v) is 4.01. The molecule has 8 heteroatoms. The van der Waals surface area contributed by atoms with Gasteiger partial charge >= 0.3 is 0 Å². The second-order valence-electron chi connectivity index (χ2n) is 6.92. The van der Waals surface area contributed by atoms with Crippen LogP contribution < -0.4 is 10.1 Å². The summed E-state index contributed by atoms with van der Waals surface area (Å²) in [5.41, 5.74) is 1.59. The summed E-state index contributed by atoms with van der Waals surface area (Å²) in [7, 11) is 0. The number of rotatable bonds is 9. The Morgan fingerprint density at radius 1 is 1.25 bits per heavy atom. The van der Waals surface area contributed by atoms with Crippen molar-refractivity contribution in [2.24, 2.45) is 0 Å². The Morgan fingerprint density at radius 3 is 2.75 bits per heavy atom. The van der Waals surface area contributed by atoms with Crippen molar-refractivity contribution in [3.8, 4) is 11.8 Å². The average molecular weight is 486 g/mol. The van der Waals surface area contributed by atoms with Gasteiger partial charge in [-0.1, -0.05) is 60.8 Å². The Hall–Kier alpha value is -2.85. The minimum atomic E-state index is -0.516. The van der Waals surface area contributed by atoms with E-state index in [2.05, 4.69) is 17.2 Å². The monoisotopic (exact) mass is 485 g/mol. The molecule has 0 atom stereocenters. The van der Waals surface area contributed by atoms with Gasteiger partial charge in [-0.2, -0.15) is 5.26 Å². The van der Waals surface area contributed by atoms with Gasteiger partial charge in [-0.05, 0) is 41.8 Å². The van der Waals surface area contributed by atoms with Crippen molar-refractivity contribution in [3.05, 3.63) is 80.3 Å². The van der Waals surface area contributed by atoms with Crippen LogP contribution in [0.3, 0.4) is 0 Å². The van der Waals surface area contributed by atoms with Crippen LogP contribution in [0.15, 0.2) is 54.2 Å². The zero-order valence-corrected chi connectivity index (χ0v) is 19.7. The van der Waals surface area contributed by atoms with E-state index < -0.39 is 5.91 Å². The lowest BCUT2D eigenvalue weighted by Crippen LogP contribution is -2.13. The molecule has 3 rings (SSSR count). The molecule has 2 aromatic carbocycles. The number of hydrogen-bond donors (Lipinski definition) is 1. The number of amides is 1. The number of carbonyl (C=O) groups is 1. The Kier molecular flexibility index (Phi) is 8.69. The van der Waals surface area contributed by atoms with E-state index in [9.17, 15) is 10.1 Å². The molecular weight excluding hydrogens is 465 g/mol. The number of aromatic nitrogens is 1. The fourth-order valence-electron chi connectivity index (χ4n) is 2.79. The number of nitrogens with one attached hydrogen (secondary N) is 1. The number of unbranched alkanes of at least 4 members (excludes halogenated alkanes) is 1. The molecule has 0 fully saturated rings. The molecule has 0 saturated heterocycles. The lowest BCUT2D eigenvalue weighted by atomic mass is 10.1. The maximum Gasteiger partial charge on any atom is 0.268 e. The molecule has 1 amide bonds. The molecule has 1 aromatic heterocycles. The number of hydrogen-bond acceptors (Lipinski definition) is 5. The third-order valence-corrected chi connectivity index (χ3v) is 6.26. The number of thiazole rings is 1. The molecule has 0 aliphatic rings. The standard InChI is InChI=1S/C24H21Cl2N3O2S/c1-2-3-11-31-19-9-7-16(8-10-19)12-18(14-27)23(30)29-24-28-15-20(32-24)13-17-5-4-6-21(25)22(17)26/h4-10,12,15H,2-3,11,13H2,1H3,(H,28,29,30)/b18-12+. The predicted octanol–water partition coefficient (Wildman–Crippen LogP) is 6.77. The molecule has 0 spiro atoms. The highest BCUT2D eigenvalue weighted by atomic mass is 35.5. The van der Waals surface area contributed by atoms with Gasteiger partial charge in [0.05, 0.1) is 16.7 Å². The largest absolute Gasteiger partial charge is 0.494 e. The SMILES string of the molecule is CCCCOc1ccc(/C=C(\C#N)C(=O)Nc2ncc(Cc3cccc(Cl)c3Cl)s2)cc1. The molecule has 0 saturated carbocycles. The molecule has 1 heterocycles. The van der Waals surface area contributed by atoms with Crippen LogP contribution in [0.1, 0.15) is 35.8 Å². The molecule has 0 unspecified atom stereocenters. The second kappa shape index (κ2) is 11.7. The average Bonchev–Trinajstić information content (AvgIpc) is 3.23. The number of ether oxygens (including phenoxy) is 1. The Bertz CT molecular complexity index is 1150. The minimum absolute atomic E-state index is 0.0145. The van der Waals surface area contributed by atoms with E-state index in [4.69, 9.17) is 27.9 Å². The van der Waals surface area contributed by atoms with Crippen molar-refractivity contribution in [3.63, 3.8) is 0 Å². The zero-order chi connectivity index (χ0) is 22.9. The van der Waals surface area contributed by atoms with Crippen LogP contribution in [-0.2, 0) is 11.2 Å². The van der Waals surface area contributed by atoms with Crippen molar-refractivity contribution in [1.29, 1.82) is 5.26 Å². The van der Waals surface area contributed by atoms with E-state index in [0.717, 1.165) is 34.6 Å². The summed E-state index contributed by atoms with van der Waals surface area (Å²) in [6, 6.07) is 14.7. The van der Waals surface area contributed by atoms with Gasteiger partial charge in [0, 0.05) is 17.5 Å². The van der Waals surface area contributed by atoms with Crippen molar-refractivity contribution in [2.75, 3.05) is 11.9 Å². The van der Waals surface area contributed by atoms with Gasteiger partial charge in [0.25, 0.3) is 5.91 Å². The number of halogens is 2. The predicted molar refractivity (Wildman–Crippen MR) is 130 cm³/mol. The molecule has 0 bridgehead atoms. The lowest BCUT2D eigenvalue weighted by molar-refractivity contribution is -0.112. The highest BCUT2D eigenvalue weighted by Crippen LogP contribution is 2.29.